The Morgan fingerprint density at radius 1 is 1.12 bits per heavy atom. The molecule has 7 rings (SSSR count). The first-order chi connectivity index (χ1) is 19.9. The minimum Gasteiger partial charge on any atom is -0.478 e. The molecule has 7 nitrogen and oxygen atoms in total. The summed E-state index contributed by atoms with van der Waals surface area (Å²) in [6.45, 7) is 2.35. The van der Waals surface area contributed by atoms with Gasteiger partial charge in [0.1, 0.15) is 11.5 Å². The van der Waals surface area contributed by atoms with Gasteiger partial charge in [0, 0.05) is 40.1 Å². The summed E-state index contributed by atoms with van der Waals surface area (Å²) in [5.74, 6) is 0.368. The summed E-state index contributed by atoms with van der Waals surface area (Å²) in [6.07, 6.45) is 6.43. The molecule has 0 radical (unpaired) electrons. The van der Waals surface area contributed by atoms with Crippen molar-refractivity contribution in [2.45, 2.75) is 76.2 Å². The van der Waals surface area contributed by atoms with Crippen LogP contribution in [-0.4, -0.2) is 39.4 Å². The highest BCUT2D eigenvalue weighted by Gasteiger charge is 2.43. The molecule has 0 unspecified atom stereocenters. The Morgan fingerprint density at radius 3 is 2.51 bits per heavy atom. The fourth-order valence-electron chi connectivity index (χ4n) is 6.42. The number of hydrogen-bond acceptors (Lipinski definition) is 7. The van der Waals surface area contributed by atoms with Gasteiger partial charge in [-0.2, -0.15) is 0 Å². The first kappa shape index (κ1) is 27.0. The lowest BCUT2D eigenvalue weighted by Crippen LogP contribution is -2.45. The lowest BCUT2D eigenvalue weighted by atomic mass is 10.00. The van der Waals surface area contributed by atoms with Crippen LogP contribution < -0.4 is 4.90 Å². The first-order valence-electron chi connectivity index (χ1n) is 14.0. The van der Waals surface area contributed by atoms with Crippen molar-refractivity contribution in [3.63, 3.8) is 0 Å². The standard InChI is InChI=1S/C31H29Cl2N3O4S/c1-16-11-18(30(37)38)7-10-22(16)26-15-41-31(34-26)36-19-8-9-20(36)13-21(12-19)39-14-23-28(35-40-29(23)17-5-6-17)27-24(32)3-2-4-25(27)33/h2-4,7,10-11,15,17,19-21H,5-6,8-9,12-14H2,1H3,(H,37,38)/t19-,20+,21-. The minimum absolute atomic E-state index is 0.130. The molecular formula is C31H29Cl2N3O4S. The fraction of sp³-hybridized carbons (Fsp3) is 0.387. The molecule has 1 aliphatic carbocycles. The molecule has 3 fully saturated rings. The molecule has 41 heavy (non-hydrogen) atoms. The summed E-state index contributed by atoms with van der Waals surface area (Å²) in [5.41, 5.74) is 5.41. The molecule has 2 aromatic carbocycles. The van der Waals surface area contributed by atoms with Crippen LogP contribution in [0.25, 0.3) is 22.5 Å². The van der Waals surface area contributed by atoms with E-state index >= 15 is 0 Å². The van der Waals surface area contributed by atoms with Crippen LogP contribution >= 0.6 is 34.5 Å². The minimum atomic E-state index is -0.919. The summed E-state index contributed by atoms with van der Waals surface area (Å²) in [7, 11) is 0. The van der Waals surface area contributed by atoms with Crippen molar-refractivity contribution in [2.75, 3.05) is 4.90 Å². The van der Waals surface area contributed by atoms with Gasteiger partial charge in [-0.15, -0.1) is 11.3 Å². The molecule has 2 aromatic heterocycles. The van der Waals surface area contributed by atoms with E-state index in [0.717, 1.165) is 71.8 Å². The van der Waals surface area contributed by atoms with E-state index in [-0.39, 0.29) is 6.10 Å². The fourth-order valence-corrected chi connectivity index (χ4v) is 7.96. The van der Waals surface area contributed by atoms with Gasteiger partial charge in [0.25, 0.3) is 0 Å². The number of benzene rings is 2. The smallest absolute Gasteiger partial charge is 0.335 e. The van der Waals surface area contributed by atoms with Crippen LogP contribution in [0.5, 0.6) is 0 Å². The van der Waals surface area contributed by atoms with Crippen LogP contribution in [0, 0.1) is 6.92 Å². The van der Waals surface area contributed by atoms with Crippen LogP contribution in [-0.2, 0) is 11.3 Å². The number of aromatic nitrogens is 2. The van der Waals surface area contributed by atoms with E-state index in [0.29, 0.717) is 51.5 Å². The van der Waals surface area contributed by atoms with E-state index in [1.807, 2.05) is 31.2 Å². The van der Waals surface area contributed by atoms with Crippen molar-refractivity contribution in [3.05, 3.63) is 74.3 Å². The maximum atomic E-state index is 11.3. The Kier molecular flexibility index (Phi) is 7.06. The van der Waals surface area contributed by atoms with Gasteiger partial charge in [-0.25, -0.2) is 9.78 Å². The molecule has 0 spiro atoms. The number of aryl methyl sites for hydroxylation is 1. The number of carbonyl (C=O) groups is 1. The number of carboxylic acid groups (broad SMARTS) is 1. The molecule has 0 amide bonds. The quantitative estimate of drug-likeness (QED) is 0.214. The van der Waals surface area contributed by atoms with E-state index in [1.54, 1.807) is 23.5 Å². The Balaban J connectivity index is 1.07. The van der Waals surface area contributed by atoms with Crippen LogP contribution in [0.15, 0.2) is 46.3 Å². The van der Waals surface area contributed by atoms with Crippen LogP contribution in [0.1, 0.15) is 71.7 Å². The van der Waals surface area contributed by atoms with Crippen molar-refractivity contribution in [1.82, 2.24) is 10.1 Å². The zero-order valence-corrected chi connectivity index (χ0v) is 24.8. The van der Waals surface area contributed by atoms with Gasteiger partial charge in [-0.3, -0.25) is 0 Å². The highest BCUT2D eigenvalue weighted by molar-refractivity contribution is 7.14. The van der Waals surface area contributed by atoms with Gasteiger partial charge in [0.2, 0.25) is 0 Å². The van der Waals surface area contributed by atoms with Gasteiger partial charge in [-0.05, 0) is 75.3 Å². The zero-order chi connectivity index (χ0) is 28.2. The summed E-state index contributed by atoms with van der Waals surface area (Å²) < 4.78 is 12.4. The molecular weight excluding hydrogens is 581 g/mol. The third kappa shape index (κ3) is 5.05. The third-order valence-electron chi connectivity index (χ3n) is 8.58. The molecule has 3 atom stereocenters. The Bertz CT molecular complexity index is 1600. The number of ether oxygens (including phenoxy) is 1. The zero-order valence-electron chi connectivity index (χ0n) is 22.5. The van der Waals surface area contributed by atoms with E-state index in [4.69, 9.17) is 37.4 Å². The molecule has 4 heterocycles. The summed E-state index contributed by atoms with van der Waals surface area (Å²) >= 11 is 14.7. The van der Waals surface area contributed by atoms with Crippen molar-refractivity contribution in [1.29, 1.82) is 0 Å². The van der Waals surface area contributed by atoms with Gasteiger partial charge < -0.3 is 19.3 Å². The molecule has 2 saturated heterocycles. The first-order valence-corrected chi connectivity index (χ1v) is 15.6. The topological polar surface area (TPSA) is 88.7 Å². The van der Waals surface area contributed by atoms with Crippen LogP contribution in [0.4, 0.5) is 5.13 Å². The number of rotatable bonds is 8. The number of nitrogens with zero attached hydrogens (tertiary/aromatic N) is 3. The number of piperidine rings is 1. The lowest BCUT2D eigenvalue weighted by Gasteiger charge is -2.38. The number of thiazole rings is 1. The molecule has 212 valence electrons. The average Bonchev–Trinajstić information content (AvgIpc) is 3.42. The summed E-state index contributed by atoms with van der Waals surface area (Å²) in [5, 5.41) is 17.9. The second-order valence-electron chi connectivity index (χ2n) is 11.3. The Morgan fingerprint density at radius 2 is 1.85 bits per heavy atom. The summed E-state index contributed by atoms with van der Waals surface area (Å²) in [6, 6.07) is 11.4. The van der Waals surface area contributed by atoms with Crippen LogP contribution in [0.2, 0.25) is 10.0 Å². The van der Waals surface area contributed by atoms with Gasteiger partial charge in [-0.1, -0.05) is 40.5 Å². The van der Waals surface area contributed by atoms with Gasteiger partial charge >= 0.3 is 5.97 Å². The van der Waals surface area contributed by atoms with Crippen molar-refractivity contribution in [2.24, 2.45) is 0 Å². The number of aromatic carboxylic acids is 1. The molecule has 4 aromatic rings. The number of fused-ring (bicyclic) bond motifs is 2. The monoisotopic (exact) mass is 609 g/mol. The molecule has 2 bridgehead atoms. The largest absolute Gasteiger partial charge is 0.478 e. The maximum absolute atomic E-state index is 11.3. The predicted molar refractivity (Wildman–Crippen MR) is 160 cm³/mol. The molecule has 3 aliphatic rings. The van der Waals surface area contributed by atoms with Gasteiger partial charge in [0.05, 0.1) is 34.0 Å². The Labute approximate surface area is 252 Å². The van der Waals surface area contributed by atoms with E-state index in [2.05, 4.69) is 15.4 Å². The van der Waals surface area contributed by atoms with E-state index in [9.17, 15) is 9.90 Å². The normalized spacial score (nSPS) is 21.9. The third-order valence-corrected chi connectivity index (χ3v) is 10.1. The Hall–Kier alpha value is -2.91. The van der Waals surface area contributed by atoms with Crippen molar-refractivity contribution >= 4 is 45.6 Å². The van der Waals surface area contributed by atoms with Crippen molar-refractivity contribution in [3.8, 4) is 22.5 Å². The second kappa shape index (κ2) is 10.7. The van der Waals surface area contributed by atoms with Crippen LogP contribution in [0.3, 0.4) is 0 Å². The number of carboxylic acids is 1. The summed E-state index contributed by atoms with van der Waals surface area (Å²) in [4.78, 5) is 18.8. The SMILES string of the molecule is Cc1cc(C(=O)O)ccc1-c1csc(N2[C@@H]3CC[C@H]2C[C@H](OCc2c(-c4c(Cl)cccc4Cl)noc2C2CC2)C3)n1. The highest BCUT2D eigenvalue weighted by Crippen LogP contribution is 2.47. The number of anilines is 1. The number of hydrogen-bond donors (Lipinski definition) is 1. The van der Waals surface area contributed by atoms with Gasteiger partial charge in [0.15, 0.2) is 5.13 Å². The second-order valence-corrected chi connectivity index (χ2v) is 12.9. The molecule has 2 aliphatic heterocycles. The van der Waals surface area contributed by atoms with E-state index < -0.39 is 5.97 Å². The van der Waals surface area contributed by atoms with Crippen molar-refractivity contribution < 1.29 is 19.2 Å². The highest BCUT2D eigenvalue weighted by atomic mass is 35.5. The average molecular weight is 611 g/mol. The van der Waals surface area contributed by atoms with E-state index in [1.165, 1.54) is 0 Å². The predicted octanol–water partition coefficient (Wildman–Crippen LogP) is 8.37. The lowest BCUT2D eigenvalue weighted by molar-refractivity contribution is 0.0147. The molecule has 1 N–H and O–H groups in total. The molecule has 1 saturated carbocycles. The molecule has 10 heteroatoms. The number of halogens is 2. The maximum Gasteiger partial charge on any atom is 0.335 e.